The van der Waals surface area contributed by atoms with E-state index in [1.165, 1.54) is 0 Å². The molecule has 25 heavy (non-hydrogen) atoms. The highest BCUT2D eigenvalue weighted by molar-refractivity contribution is 5.79. The van der Waals surface area contributed by atoms with Crippen molar-refractivity contribution in [3.05, 3.63) is 65.7 Å². The smallest absolute Gasteiger partial charge is 0.305 e. The molecule has 0 heterocycles. The van der Waals surface area contributed by atoms with E-state index in [2.05, 4.69) is 11.4 Å². The Kier molecular flexibility index (Phi) is 6.55. The molecule has 0 fully saturated rings. The van der Waals surface area contributed by atoms with Crippen LogP contribution in [0.3, 0.4) is 0 Å². The molecule has 6 nitrogen and oxygen atoms in total. The lowest BCUT2D eigenvalue weighted by Gasteiger charge is -2.17. The minimum atomic E-state index is -0.997. The molecule has 0 spiro atoms. The lowest BCUT2D eigenvalue weighted by molar-refractivity contribution is -0.137. The van der Waals surface area contributed by atoms with Crippen LogP contribution in [0.5, 0.6) is 5.75 Å². The molecule has 0 aromatic heterocycles. The molecule has 0 saturated heterocycles. The van der Waals surface area contributed by atoms with Crippen LogP contribution in [0.4, 0.5) is 0 Å². The lowest BCUT2D eigenvalue weighted by atomic mass is 10.0. The Morgan fingerprint density at radius 3 is 2.40 bits per heavy atom. The summed E-state index contributed by atoms with van der Waals surface area (Å²) in [6, 6.07) is 17.3. The molecule has 128 valence electrons. The number of carbonyl (C=O) groups is 2. The van der Waals surface area contributed by atoms with Gasteiger partial charge in [0.2, 0.25) is 0 Å². The van der Waals surface area contributed by atoms with Gasteiger partial charge in [0, 0.05) is 0 Å². The summed E-state index contributed by atoms with van der Waals surface area (Å²) in [6.45, 7) is -0.222. The van der Waals surface area contributed by atoms with Crippen LogP contribution < -0.4 is 10.1 Å². The number of aliphatic carboxylic acids is 1. The van der Waals surface area contributed by atoms with Crippen molar-refractivity contribution >= 4 is 11.9 Å². The highest BCUT2D eigenvalue weighted by Crippen LogP contribution is 2.17. The SMILES string of the molecule is N#CCc1ccc(OCC(=O)NC(CC(=O)O)c2ccccc2)cc1. The third kappa shape index (κ3) is 5.99. The maximum absolute atomic E-state index is 12.1. The summed E-state index contributed by atoms with van der Waals surface area (Å²) >= 11 is 0. The molecule has 0 aliphatic carbocycles. The molecular formula is C19H18N2O4. The molecule has 6 heteroatoms. The minimum Gasteiger partial charge on any atom is -0.484 e. The molecule has 0 aliphatic rings. The molecule has 0 aliphatic heterocycles. The number of amides is 1. The van der Waals surface area contributed by atoms with Crippen molar-refractivity contribution < 1.29 is 19.4 Å². The fourth-order valence-corrected chi connectivity index (χ4v) is 2.29. The van der Waals surface area contributed by atoms with E-state index in [9.17, 15) is 9.59 Å². The van der Waals surface area contributed by atoms with Gasteiger partial charge in [-0.1, -0.05) is 42.5 Å². The van der Waals surface area contributed by atoms with Crippen molar-refractivity contribution in [2.45, 2.75) is 18.9 Å². The third-order valence-corrected chi connectivity index (χ3v) is 3.49. The summed E-state index contributed by atoms with van der Waals surface area (Å²) < 4.78 is 5.40. The van der Waals surface area contributed by atoms with Gasteiger partial charge in [0.25, 0.3) is 5.91 Å². The van der Waals surface area contributed by atoms with Crippen LogP contribution in [-0.2, 0) is 16.0 Å². The Balaban J connectivity index is 1.92. The van der Waals surface area contributed by atoms with Crippen LogP contribution in [0, 0.1) is 11.3 Å². The van der Waals surface area contributed by atoms with E-state index < -0.39 is 17.9 Å². The molecule has 2 aromatic rings. The number of ether oxygens (including phenoxy) is 1. The summed E-state index contributed by atoms with van der Waals surface area (Å²) in [5.41, 5.74) is 1.59. The quantitative estimate of drug-likeness (QED) is 0.770. The van der Waals surface area contributed by atoms with Gasteiger partial charge >= 0.3 is 5.97 Å². The number of nitrogens with zero attached hydrogens (tertiary/aromatic N) is 1. The summed E-state index contributed by atoms with van der Waals surface area (Å²) in [5, 5.41) is 20.3. The Labute approximate surface area is 145 Å². The van der Waals surface area contributed by atoms with Gasteiger partial charge in [-0.25, -0.2) is 0 Å². The first-order chi connectivity index (χ1) is 12.1. The molecule has 2 aromatic carbocycles. The first kappa shape index (κ1) is 18.0. The molecule has 0 bridgehead atoms. The average Bonchev–Trinajstić information content (AvgIpc) is 2.61. The maximum Gasteiger partial charge on any atom is 0.305 e. The monoisotopic (exact) mass is 338 g/mol. The van der Waals surface area contributed by atoms with Crippen molar-refractivity contribution in [2.24, 2.45) is 0 Å². The number of hydrogen-bond acceptors (Lipinski definition) is 4. The van der Waals surface area contributed by atoms with Gasteiger partial charge in [-0.05, 0) is 23.3 Å². The molecular weight excluding hydrogens is 320 g/mol. The first-order valence-corrected chi connectivity index (χ1v) is 7.73. The standard InChI is InChI=1S/C19H18N2O4/c20-11-10-14-6-8-16(9-7-14)25-13-18(22)21-17(12-19(23)24)15-4-2-1-3-5-15/h1-9,17H,10,12-13H2,(H,21,22)(H,23,24). The summed E-state index contributed by atoms with van der Waals surface area (Å²) in [4.78, 5) is 23.1. The zero-order chi connectivity index (χ0) is 18.1. The van der Waals surface area contributed by atoms with Crippen LogP contribution in [0.2, 0.25) is 0 Å². The van der Waals surface area contributed by atoms with Crippen LogP contribution in [0.1, 0.15) is 23.6 Å². The van der Waals surface area contributed by atoms with E-state index in [1.807, 2.05) is 6.07 Å². The zero-order valence-electron chi connectivity index (χ0n) is 13.5. The van der Waals surface area contributed by atoms with Crippen molar-refractivity contribution in [3.63, 3.8) is 0 Å². The van der Waals surface area contributed by atoms with Crippen LogP contribution in [0.15, 0.2) is 54.6 Å². The number of benzene rings is 2. The molecule has 1 atom stereocenters. The highest BCUT2D eigenvalue weighted by atomic mass is 16.5. The van der Waals surface area contributed by atoms with E-state index in [1.54, 1.807) is 48.5 Å². The van der Waals surface area contributed by atoms with Gasteiger partial charge < -0.3 is 15.2 Å². The zero-order valence-corrected chi connectivity index (χ0v) is 13.5. The van der Waals surface area contributed by atoms with E-state index in [-0.39, 0.29) is 13.0 Å². The van der Waals surface area contributed by atoms with Crippen molar-refractivity contribution in [1.29, 1.82) is 5.26 Å². The van der Waals surface area contributed by atoms with Gasteiger partial charge in [-0.15, -0.1) is 0 Å². The van der Waals surface area contributed by atoms with E-state index >= 15 is 0 Å². The van der Waals surface area contributed by atoms with Crippen molar-refractivity contribution in [3.8, 4) is 11.8 Å². The topological polar surface area (TPSA) is 99.4 Å². The fourth-order valence-electron chi connectivity index (χ4n) is 2.29. The average molecular weight is 338 g/mol. The highest BCUT2D eigenvalue weighted by Gasteiger charge is 2.18. The second-order valence-corrected chi connectivity index (χ2v) is 5.40. The maximum atomic E-state index is 12.1. The largest absolute Gasteiger partial charge is 0.484 e. The number of hydrogen-bond donors (Lipinski definition) is 2. The van der Waals surface area contributed by atoms with Crippen LogP contribution in [0.25, 0.3) is 0 Å². The molecule has 1 unspecified atom stereocenters. The molecule has 0 radical (unpaired) electrons. The normalized spacial score (nSPS) is 11.2. The molecule has 1 amide bonds. The number of nitriles is 1. The number of carboxylic acid groups (broad SMARTS) is 1. The van der Waals surface area contributed by atoms with Gasteiger partial charge in [0.05, 0.1) is 25.0 Å². The molecule has 2 rings (SSSR count). The predicted molar refractivity (Wildman–Crippen MR) is 90.8 cm³/mol. The number of nitrogens with one attached hydrogen (secondary N) is 1. The second kappa shape index (κ2) is 9.08. The van der Waals surface area contributed by atoms with Crippen LogP contribution >= 0.6 is 0 Å². The van der Waals surface area contributed by atoms with Crippen LogP contribution in [-0.4, -0.2) is 23.6 Å². The van der Waals surface area contributed by atoms with Gasteiger partial charge in [-0.2, -0.15) is 5.26 Å². The number of rotatable bonds is 8. The summed E-state index contributed by atoms with van der Waals surface area (Å²) in [5.74, 6) is -0.898. The van der Waals surface area contributed by atoms with Gasteiger partial charge in [0.15, 0.2) is 6.61 Å². The Morgan fingerprint density at radius 2 is 1.80 bits per heavy atom. The number of carbonyl (C=O) groups excluding carboxylic acids is 1. The van der Waals surface area contributed by atoms with Crippen molar-refractivity contribution in [2.75, 3.05) is 6.61 Å². The lowest BCUT2D eigenvalue weighted by Crippen LogP contribution is -2.33. The van der Waals surface area contributed by atoms with Crippen molar-refractivity contribution in [1.82, 2.24) is 5.32 Å². The number of carboxylic acids is 1. The first-order valence-electron chi connectivity index (χ1n) is 7.73. The second-order valence-electron chi connectivity index (χ2n) is 5.40. The Morgan fingerprint density at radius 1 is 1.12 bits per heavy atom. The fraction of sp³-hybridized carbons (Fsp3) is 0.211. The summed E-state index contributed by atoms with van der Waals surface area (Å²) in [6.07, 6.45) is 0.104. The van der Waals surface area contributed by atoms with Gasteiger partial charge in [-0.3, -0.25) is 9.59 Å². The van der Waals surface area contributed by atoms with E-state index in [0.717, 1.165) is 11.1 Å². The van der Waals surface area contributed by atoms with E-state index in [0.29, 0.717) is 12.2 Å². The Hall–Kier alpha value is -3.33. The summed E-state index contributed by atoms with van der Waals surface area (Å²) in [7, 11) is 0. The third-order valence-electron chi connectivity index (χ3n) is 3.49. The predicted octanol–water partition coefficient (Wildman–Crippen LogP) is 2.46. The molecule has 2 N–H and O–H groups in total. The Bertz CT molecular complexity index is 751. The van der Waals surface area contributed by atoms with Gasteiger partial charge in [0.1, 0.15) is 5.75 Å². The molecule has 0 saturated carbocycles. The minimum absolute atomic E-state index is 0.210. The van der Waals surface area contributed by atoms with E-state index in [4.69, 9.17) is 15.1 Å².